The number of hydrogen-bond acceptors (Lipinski definition) is 3. The van der Waals surface area contributed by atoms with E-state index in [9.17, 15) is 9.59 Å². The number of epoxide rings is 1. The van der Waals surface area contributed by atoms with Crippen molar-refractivity contribution >= 4 is 11.6 Å². The molecule has 0 saturated carbocycles. The summed E-state index contributed by atoms with van der Waals surface area (Å²) in [5.41, 5.74) is 0.245. The molecule has 0 amide bonds. The first-order valence-electron chi connectivity index (χ1n) is 7.06. The maximum Gasteiger partial charge on any atom is 0.198 e. The number of hydrogen-bond donors (Lipinski definition) is 0. The van der Waals surface area contributed by atoms with Crippen molar-refractivity contribution < 1.29 is 14.3 Å². The molecule has 1 aromatic rings. The average Bonchev–Trinajstić information content (AvgIpc) is 3.18. The first-order valence-corrected chi connectivity index (χ1v) is 7.06. The second-order valence-corrected chi connectivity index (χ2v) is 5.44. The molecule has 2 unspecified atom stereocenters. The molecule has 1 aliphatic heterocycles. The molecule has 3 rings (SSSR count). The van der Waals surface area contributed by atoms with Crippen LogP contribution in [-0.2, 0) is 4.74 Å². The van der Waals surface area contributed by atoms with Crippen molar-refractivity contribution in [2.45, 2.75) is 50.7 Å². The Labute approximate surface area is 113 Å². The van der Waals surface area contributed by atoms with E-state index >= 15 is 0 Å². The van der Waals surface area contributed by atoms with Gasteiger partial charge < -0.3 is 4.74 Å². The van der Waals surface area contributed by atoms with E-state index in [1.807, 2.05) is 0 Å². The number of unbranched alkanes of at least 4 members (excludes halogenated alkanes) is 3. The molecule has 1 aromatic carbocycles. The Morgan fingerprint density at radius 1 is 1.11 bits per heavy atom. The fraction of sp³-hybridized carbons (Fsp3) is 0.500. The van der Waals surface area contributed by atoms with Crippen molar-refractivity contribution in [2.24, 2.45) is 0 Å². The molecule has 0 spiro atoms. The largest absolute Gasteiger partial charge is 0.349 e. The monoisotopic (exact) mass is 258 g/mol. The Balaban J connectivity index is 1.81. The minimum atomic E-state index is -0.820. The van der Waals surface area contributed by atoms with Crippen LogP contribution in [0, 0.1) is 0 Å². The Kier molecular flexibility index (Phi) is 3.02. The molecule has 19 heavy (non-hydrogen) atoms. The first-order chi connectivity index (χ1) is 9.20. The van der Waals surface area contributed by atoms with Crippen LogP contribution in [0.1, 0.15) is 59.7 Å². The van der Waals surface area contributed by atoms with Crippen molar-refractivity contribution in [3.05, 3.63) is 35.4 Å². The molecule has 0 radical (unpaired) electrons. The maximum atomic E-state index is 12.5. The highest BCUT2D eigenvalue weighted by Crippen LogP contribution is 2.49. The van der Waals surface area contributed by atoms with E-state index in [0.29, 0.717) is 17.5 Å². The van der Waals surface area contributed by atoms with Gasteiger partial charge in [-0.1, -0.05) is 50.5 Å². The molecule has 0 aromatic heterocycles. The van der Waals surface area contributed by atoms with Crippen molar-refractivity contribution in [2.75, 3.05) is 0 Å². The lowest BCUT2D eigenvalue weighted by molar-refractivity contribution is 0.0850. The molecule has 2 atom stereocenters. The summed E-state index contributed by atoms with van der Waals surface area (Å²) in [6.45, 7) is 2.15. The van der Waals surface area contributed by atoms with Gasteiger partial charge in [0.05, 0.1) is 0 Å². The van der Waals surface area contributed by atoms with Crippen LogP contribution in [0.4, 0.5) is 0 Å². The van der Waals surface area contributed by atoms with Crippen LogP contribution < -0.4 is 0 Å². The van der Waals surface area contributed by atoms with Gasteiger partial charge in [-0.25, -0.2) is 0 Å². The molecule has 0 bridgehead atoms. The third-order valence-electron chi connectivity index (χ3n) is 4.16. The zero-order valence-electron chi connectivity index (χ0n) is 11.1. The van der Waals surface area contributed by atoms with E-state index in [2.05, 4.69) is 6.92 Å². The summed E-state index contributed by atoms with van der Waals surface area (Å²) in [4.78, 5) is 24.7. The lowest BCUT2D eigenvalue weighted by Gasteiger charge is -2.18. The average molecular weight is 258 g/mol. The van der Waals surface area contributed by atoms with Crippen molar-refractivity contribution in [1.29, 1.82) is 0 Å². The number of benzene rings is 1. The Hall–Kier alpha value is -1.48. The Bertz CT molecular complexity index is 535. The van der Waals surface area contributed by atoms with Crippen LogP contribution in [0.2, 0.25) is 0 Å². The van der Waals surface area contributed by atoms with Crippen LogP contribution in [0.3, 0.4) is 0 Å². The molecule has 3 nitrogen and oxygen atoms in total. The normalized spacial score (nSPS) is 27.9. The van der Waals surface area contributed by atoms with Gasteiger partial charge in [0.15, 0.2) is 23.3 Å². The van der Waals surface area contributed by atoms with Crippen LogP contribution in [-0.4, -0.2) is 23.3 Å². The van der Waals surface area contributed by atoms with Gasteiger partial charge in [0.25, 0.3) is 0 Å². The van der Waals surface area contributed by atoms with Gasteiger partial charge in [-0.15, -0.1) is 0 Å². The summed E-state index contributed by atoms with van der Waals surface area (Å²) in [7, 11) is 0. The SMILES string of the molecule is CCCCCCC12OC1C(=O)c1ccccc1C2=O. The van der Waals surface area contributed by atoms with E-state index in [1.54, 1.807) is 24.3 Å². The van der Waals surface area contributed by atoms with Gasteiger partial charge in [0.1, 0.15) is 0 Å². The van der Waals surface area contributed by atoms with E-state index in [1.165, 1.54) is 6.42 Å². The molecule has 3 heteroatoms. The fourth-order valence-electron chi connectivity index (χ4n) is 3.00. The Morgan fingerprint density at radius 2 is 1.84 bits per heavy atom. The van der Waals surface area contributed by atoms with Crippen LogP contribution in [0.15, 0.2) is 24.3 Å². The smallest absolute Gasteiger partial charge is 0.198 e. The number of ether oxygens (including phenoxy) is 1. The van der Waals surface area contributed by atoms with Gasteiger partial charge in [0.2, 0.25) is 0 Å². The summed E-state index contributed by atoms with van der Waals surface area (Å²) < 4.78 is 5.55. The van der Waals surface area contributed by atoms with Crippen LogP contribution in [0.5, 0.6) is 0 Å². The van der Waals surface area contributed by atoms with Gasteiger partial charge in [-0.05, 0) is 12.8 Å². The molecule has 100 valence electrons. The number of fused-ring (bicyclic) bond motifs is 2. The van der Waals surface area contributed by atoms with Gasteiger partial charge in [-0.3, -0.25) is 9.59 Å². The summed E-state index contributed by atoms with van der Waals surface area (Å²) in [6.07, 6.45) is 4.53. The zero-order valence-corrected chi connectivity index (χ0v) is 11.1. The number of ketones is 2. The second-order valence-electron chi connectivity index (χ2n) is 5.44. The summed E-state index contributed by atoms with van der Waals surface area (Å²) in [5.74, 6) is -0.0186. The molecule has 2 aliphatic rings. The molecule has 1 aliphatic carbocycles. The first kappa shape index (κ1) is 12.5. The lowest BCUT2D eigenvalue weighted by Crippen LogP contribution is -2.36. The quantitative estimate of drug-likeness (QED) is 0.602. The molecule has 1 saturated heterocycles. The molecule has 1 fully saturated rings. The van der Waals surface area contributed by atoms with Gasteiger partial charge in [0, 0.05) is 11.1 Å². The molecule has 0 N–H and O–H groups in total. The maximum absolute atomic E-state index is 12.5. The standard InChI is InChI=1S/C16H18O3/c1-2-3-4-7-10-16-14(18)12-9-6-5-8-11(12)13(17)15(16)19-16/h5-6,8-9,15H,2-4,7,10H2,1H3. The van der Waals surface area contributed by atoms with E-state index < -0.39 is 11.7 Å². The third-order valence-corrected chi connectivity index (χ3v) is 4.16. The van der Waals surface area contributed by atoms with Crippen molar-refractivity contribution in [3.8, 4) is 0 Å². The second kappa shape index (κ2) is 4.57. The Morgan fingerprint density at radius 3 is 2.58 bits per heavy atom. The summed E-state index contributed by atoms with van der Waals surface area (Å²) in [5, 5.41) is 0. The predicted molar refractivity (Wildman–Crippen MR) is 71.5 cm³/mol. The van der Waals surface area contributed by atoms with Gasteiger partial charge >= 0.3 is 0 Å². The molecular weight excluding hydrogens is 240 g/mol. The fourth-order valence-corrected chi connectivity index (χ4v) is 3.00. The van der Waals surface area contributed by atoms with Crippen LogP contribution >= 0.6 is 0 Å². The highest BCUT2D eigenvalue weighted by molar-refractivity contribution is 6.22. The highest BCUT2D eigenvalue weighted by atomic mass is 16.6. The van der Waals surface area contributed by atoms with Crippen LogP contribution in [0.25, 0.3) is 0 Å². The summed E-state index contributed by atoms with van der Waals surface area (Å²) >= 11 is 0. The van der Waals surface area contributed by atoms with Crippen molar-refractivity contribution in [1.82, 2.24) is 0 Å². The summed E-state index contributed by atoms with van der Waals surface area (Å²) in [6, 6.07) is 7.05. The topological polar surface area (TPSA) is 46.7 Å². The molecule has 1 heterocycles. The molecular formula is C16H18O3. The predicted octanol–water partition coefficient (Wildman–Crippen LogP) is 3.17. The number of carbonyl (C=O) groups excluding carboxylic acids is 2. The number of rotatable bonds is 5. The number of carbonyl (C=O) groups is 2. The van der Waals surface area contributed by atoms with E-state index in [4.69, 9.17) is 4.74 Å². The minimum absolute atomic E-state index is 0.00389. The van der Waals surface area contributed by atoms with Crippen molar-refractivity contribution in [3.63, 3.8) is 0 Å². The van der Waals surface area contributed by atoms with E-state index in [0.717, 1.165) is 19.3 Å². The highest BCUT2D eigenvalue weighted by Gasteiger charge is 2.68. The minimum Gasteiger partial charge on any atom is -0.349 e. The number of Topliss-reactive ketones (excluding diaryl/α,β-unsaturated/α-hetero) is 2. The third kappa shape index (κ3) is 1.84. The van der Waals surface area contributed by atoms with Gasteiger partial charge in [-0.2, -0.15) is 0 Å². The zero-order chi connectivity index (χ0) is 13.5. The lowest BCUT2D eigenvalue weighted by atomic mass is 9.79. The van der Waals surface area contributed by atoms with E-state index in [-0.39, 0.29) is 11.6 Å².